The first kappa shape index (κ1) is 14.3. The Morgan fingerprint density at radius 3 is 2.90 bits per heavy atom. The number of hydrogen-bond donors (Lipinski definition) is 2. The molecule has 0 spiro atoms. The summed E-state index contributed by atoms with van der Waals surface area (Å²) in [4.78, 5) is 15.6. The monoisotopic (exact) mass is 339 g/mol. The van der Waals surface area contributed by atoms with Crippen molar-refractivity contribution < 1.29 is 13.9 Å². The molecule has 20 heavy (non-hydrogen) atoms. The Labute approximate surface area is 123 Å². The summed E-state index contributed by atoms with van der Waals surface area (Å²) >= 11 is 3.31. The predicted molar refractivity (Wildman–Crippen MR) is 77.3 cm³/mol. The molecule has 0 aliphatic heterocycles. The van der Waals surface area contributed by atoms with Gasteiger partial charge in [0.2, 0.25) is 0 Å². The highest BCUT2D eigenvalue weighted by molar-refractivity contribution is 9.10. The molecule has 0 fully saturated rings. The molecule has 1 aromatic carbocycles. The Morgan fingerprint density at radius 1 is 1.45 bits per heavy atom. The molecule has 1 amide bonds. The number of amides is 1. The Hall–Kier alpha value is -2.15. The summed E-state index contributed by atoms with van der Waals surface area (Å²) in [6.45, 7) is 0. The summed E-state index contributed by atoms with van der Waals surface area (Å²) in [5.41, 5.74) is 6.03. The molecule has 7 heteroatoms. The Morgan fingerprint density at radius 2 is 2.20 bits per heavy atom. The number of pyridine rings is 1. The standard InChI is InChI=1S/C13H11BrFN3O2/c1-20-11-5-8(2-3-10(11)14)18-13(19)9-4-7(15)6-17-12(9)16/h2-6H,1H3,(H2,16,17)(H,18,19). The van der Waals surface area contributed by atoms with Crippen molar-refractivity contribution in [3.63, 3.8) is 0 Å². The van der Waals surface area contributed by atoms with Gasteiger partial charge in [0.15, 0.2) is 0 Å². The van der Waals surface area contributed by atoms with Gasteiger partial charge in [-0.3, -0.25) is 4.79 Å². The van der Waals surface area contributed by atoms with E-state index in [1.807, 2.05) is 0 Å². The summed E-state index contributed by atoms with van der Waals surface area (Å²) in [6, 6.07) is 6.06. The highest BCUT2D eigenvalue weighted by atomic mass is 79.9. The van der Waals surface area contributed by atoms with Gasteiger partial charge in [0.05, 0.1) is 23.3 Å². The molecule has 0 atom stereocenters. The van der Waals surface area contributed by atoms with Gasteiger partial charge < -0.3 is 15.8 Å². The third-order valence-corrected chi connectivity index (χ3v) is 3.19. The van der Waals surface area contributed by atoms with Gasteiger partial charge in [-0.2, -0.15) is 0 Å². The van der Waals surface area contributed by atoms with Crippen molar-refractivity contribution in [1.82, 2.24) is 4.98 Å². The topological polar surface area (TPSA) is 77.2 Å². The van der Waals surface area contributed by atoms with Crippen LogP contribution in [0.4, 0.5) is 15.9 Å². The molecular weight excluding hydrogens is 329 g/mol. The quantitative estimate of drug-likeness (QED) is 0.901. The number of ether oxygens (including phenoxy) is 1. The maximum Gasteiger partial charge on any atom is 0.259 e. The van der Waals surface area contributed by atoms with E-state index in [0.717, 1.165) is 16.7 Å². The second-order valence-electron chi connectivity index (χ2n) is 3.89. The summed E-state index contributed by atoms with van der Waals surface area (Å²) in [7, 11) is 1.51. The van der Waals surface area contributed by atoms with Crippen LogP contribution in [0.15, 0.2) is 34.9 Å². The van der Waals surface area contributed by atoms with Crippen LogP contribution in [0, 0.1) is 5.82 Å². The number of rotatable bonds is 3. The van der Waals surface area contributed by atoms with Crippen LogP contribution in [0.25, 0.3) is 0 Å². The molecule has 0 radical (unpaired) electrons. The molecule has 2 aromatic rings. The van der Waals surface area contributed by atoms with Gasteiger partial charge in [-0.05, 0) is 34.1 Å². The van der Waals surface area contributed by atoms with Gasteiger partial charge in [0.25, 0.3) is 5.91 Å². The highest BCUT2D eigenvalue weighted by Gasteiger charge is 2.13. The number of halogens is 2. The number of benzene rings is 1. The summed E-state index contributed by atoms with van der Waals surface area (Å²) in [6.07, 6.45) is 0.953. The molecule has 104 valence electrons. The molecular formula is C13H11BrFN3O2. The van der Waals surface area contributed by atoms with Crippen molar-refractivity contribution >= 4 is 33.3 Å². The van der Waals surface area contributed by atoms with Gasteiger partial charge in [0.1, 0.15) is 17.4 Å². The fraction of sp³-hybridized carbons (Fsp3) is 0.0769. The minimum atomic E-state index is -0.627. The molecule has 0 saturated heterocycles. The largest absolute Gasteiger partial charge is 0.495 e. The third kappa shape index (κ3) is 3.05. The molecule has 1 heterocycles. The first-order valence-electron chi connectivity index (χ1n) is 5.57. The van der Waals surface area contributed by atoms with E-state index in [0.29, 0.717) is 11.4 Å². The number of nitrogen functional groups attached to an aromatic ring is 1. The van der Waals surface area contributed by atoms with Gasteiger partial charge in [-0.1, -0.05) is 0 Å². The Kier molecular flexibility index (Phi) is 4.19. The molecule has 5 nitrogen and oxygen atoms in total. The number of anilines is 2. The fourth-order valence-electron chi connectivity index (χ4n) is 1.57. The van der Waals surface area contributed by atoms with Crippen molar-refractivity contribution in [3.05, 3.63) is 46.3 Å². The van der Waals surface area contributed by atoms with Crippen molar-refractivity contribution in [1.29, 1.82) is 0 Å². The molecule has 0 unspecified atom stereocenters. The number of methoxy groups -OCH3 is 1. The van der Waals surface area contributed by atoms with E-state index >= 15 is 0 Å². The summed E-state index contributed by atoms with van der Waals surface area (Å²) in [5.74, 6) is -0.641. The van der Waals surface area contributed by atoms with Crippen LogP contribution in [-0.4, -0.2) is 18.0 Å². The Balaban J connectivity index is 2.25. The maximum atomic E-state index is 13.1. The van der Waals surface area contributed by atoms with Crippen LogP contribution in [-0.2, 0) is 0 Å². The number of nitrogens with two attached hydrogens (primary N) is 1. The lowest BCUT2D eigenvalue weighted by Crippen LogP contribution is -2.15. The lowest BCUT2D eigenvalue weighted by molar-refractivity contribution is 0.102. The molecule has 1 aromatic heterocycles. The third-order valence-electron chi connectivity index (χ3n) is 2.54. The molecule has 2 rings (SSSR count). The lowest BCUT2D eigenvalue weighted by atomic mass is 10.2. The zero-order valence-electron chi connectivity index (χ0n) is 10.5. The second kappa shape index (κ2) is 5.87. The maximum absolute atomic E-state index is 13.1. The Bertz CT molecular complexity index is 664. The minimum absolute atomic E-state index is 0.0214. The minimum Gasteiger partial charge on any atom is -0.495 e. The van der Waals surface area contributed by atoms with Gasteiger partial charge in [0, 0.05) is 11.8 Å². The van der Waals surface area contributed by atoms with E-state index in [1.54, 1.807) is 18.2 Å². The predicted octanol–water partition coefficient (Wildman–Crippen LogP) is 2.83. The normalized spacial score (nSPS) is 10.2. The van der Waals surface area contributed by atoms with Crippen molar-refractivity contribution in [2.75, 3.05) is 18.2 Å². The van der Waals surface area contributed by atoms with Crippen LogP contribution >= 0.6 is 15.9 Å². The number of carbonyl (C=O) groups excluding carboxylic acids is 1. The lowest BCUT2D eigenvalue weighted by Gasteiger charge is -2.09. The van der Waals surface area contributed by atoms with Crippen LogP contribution in [0.2, 0.25) is 0 Å². The molecule has 0 aliphatic rings. The van der Waals surface area contributed by atoms with Crippen molar-refractivity contribution in [2.45, 2.75) is 0 Å². The number of nitrogens with one attached hydrogen (secondary N) is 1. The molecule has 0 saturated carbocycles. The van der Waals surface area contributed by atoms with Crippen molar-refractivity contribution in [3.8, 4) is 5.75 Å². The van der Waals surface area contributed by atoms with Crippen LogP contribution < -0.4 is 15.8 Å². The number of aromatic nitrogens is 1. The van der Waals surface area contributed by atoms with Crippen LogP contribution in [0.5, 0.6) is 5.75 Å². The van der Waals surface area contributed by atoms with E-state index in [2.05, 4.69) is 26.2 Å². The van der Waals surface area contributed by atoms with Gasteiger partial charge in [-0.25, -0.2) is 9.37 Å². The van der Waals surface area contributed by atoms with E-state index in [4.69, 9.17) is 10.5 Å². The summed E-state index contributed by atoms with van der Waals surface area (Å²) in [5, 5.41) is 2.60. The number of nitrogens with zero attached hydrogens (tertiary/aromatic N) is 1. The number of hydrogen-bond acceptors (Lipinski definition) is 4. The smallest absolute Gasteiger partial charge is 0.259 e. The van der Waals surface area contributed by atoms with Crippen molar-refractivity contribution in [2.24, 2.45) is 0 Å². The van der Waals surface area contributed by atoms with E-state index in [-0.39, 0.29) is 11.4 Å². The zero-order valence-corrected chi connectivity index (χ0v) is 12.1. The first-order valence-corrected chi connectivity index (χ1v) is 6.36. The highest BCUT2D eigenvalue weighted by Crippen LogP contribution is 2.28. The molecule has 3 N–H and O–H groups in total. The summed E-state index contributed by atoms with van der Waals surface area (Å²) < 4.78 is 19.0. The van der Waals surface area contributed by atoms with Gasteiger partial charge >= 0.3 is 0 Å². The second-order valence-corrected chi connectivity index (χ2v) is 4.74. The number of carbonyl (C=O) groups is 1. The average Bonchev–Trinajstić information content (AvgIpc) is 2.43. The SMILES string of the molecule is COc1cc(NC(=O)c2cc(F)cnc2N)ccc1Br. The first-order chi connectivity index (χ1) is 9.51. The van der Waals surface area contributed by atoms with E-state index in [9.17, 15) is 9.18 Å². The van der Waals surface area contributed by atoms with Crippen LogP contribution in [0.3, 0.4) is 0 Å². The fourth-order valence-corrected chi connectivity index (χ4v) is 1.98. The van der Waals surface area contributed by atoms with E-state index in [1.165, 1.54) is 7.11 Å². The average molecular weight is 340 g/mol. The molecule has 0 aliphatic carbocycles. The molecule has 0 bridgehead atoms. The van der Waals surface area contributed by atoms with Crippen LogP contribution in [0.1, 0.15) is 10.4 Å². The zero-order chi connectivity index (χ0) is 14.7. The van der Waals surface area contributed by atoms with Gasteiger partial charge in [-0.15, -0.1) is 0 Å². The van der Waals surface area contributed by atoms with E-state index < -0.39 is 11.7 Å².